The molecule has 80 valence electrons. The zero-order valence-electron chi connectivity index (χ0n) is 9.83. The first-order valence-electron chi connectivity index (χ1n) is 5.84. The third-order valence-corrected chi connectivity index (χ3v) is 3.25. The molecule has 0 amide bonds. The van der Waals surface area contributed by atoms with E-state index in [2.05, 4.69) is 55.7 Å². The van der Waals surface area contributed by atoms with Crippen LogP contribution in [0.4, 0.5) is 0 Å². The quantitative estimate of drug-likeness (QED) is 0.697. The second-order valence-corrected chi connectivity index (χ2v) is 4.18. The van der Waals surface area contributed by atoms with E-state index in [4.69, 9.17) is 0 Å². The Morgan fingerprint density at radius 2 is 1.80 bits per heavy atom. The summed E-state index contributed by atoms with van der Waals surface area (Å²) in [6.45, 7) is 6.74. The molecule has 0 fully saturated rings. The summed E-state index contributed by atoms with van der Waals surface area (Å²) >= 11 is 0. The molecule has 0 saturated carbocycles. The second-order valence-electron chi connectivity index (χ2n) is 4.18. The van der Waals surface area contributed by atoms with E-state index in [0.29, 0.717) is 6.04 Å². The van der Waals surface area contributed by atoms with Crippen molar-refractivity contribution >= 4 is 10.9 Å². The van der Waals surface area contributed by atoms with E-state index in [1.165, 1.54) is 29.4 Å². The van der Waals surface area contributed by atoms with Gasteiger partial charge in [-0.05, 0) is 37.3 Å². The largest absolute Gasteiger partial charge is 0.342 e. The zero-order valence-corrected chi connectivity index (χ0v) is 9.83. The van der Waals surface area contributed by atoms with Gasteiger partial charge in [0.05, 0.1) is 0 Å². The molecule has 0 bridgehead atoms. The number of nitrogens with zero attached hydrogens (tertiary/aromatic N) is 1. The Labute approximate surface area is 91.7 Å². The highest BCUT2D eigenvalue weighted by molar-refractivity contribution is 5.81. The molecule has 1 nitrogen and oxygen atoms in total. The number of benzene rings is 1. The van der Waals surface area contributed by atoms with E-state index < -0.39 is 0 Å². The first kappa shape index (κ1) is 10.3. The molecule has 2 aromatic rings. The lowest BCUT2D eigenvalue weighted by atomic mass is 10.1. The lowest BCUT2D eigenvalue weighted by molar-refractivity contribution is 0.477. The highest BCUT2D eigenvalue weighted by Crippen LogP contribution is 2.26. The lowest BCUT2D eigenvalue weighted by Gasteiger charge is -2.18. The van der Waals surface area contributed by atoms with Gasteiger partial charge in [-0.1, -0.05) is 32.0 Å². The standard InChI is InChI=1S/C14H19N/c1-4-13(5-2)15-11(3)10-12-8-6-7-9-14(12)15/h6-10,13H,4-5H2,1-3H3. The molecule has 1 aromatic carbocycles. The van der Waals surface area contributed by atoms with Gasteiger partial charge in [-0.3, -0.25) is 0 Å². The predicted molar refractivity (Wildman–Crippen MR) is 66.3 cm³/mol. The van der Waals surface area contributed by atoms with Gasteiger partial charge in [-0.2, -0.15) is 0 Å². The molecule has 0 spiro atoms. The molecule has 0 unspecified atom stereocenters. The number of hydrogen-bond acceptors (Lipinski definition) is 0. The van der Waals surface area contributed by atoms with Crippen LogP contribution < -0.4 is 0 Å². The Balaban J connectivity index is 2.62. The molecular weight excluding hydrogens is 182 g/mol. The maximum atomic E-state index is 2.48. The van der Waals surface area contributed by atoms with E-state index in [-0.39, 0.29) is 0 Å². The molecule has 1 heterocycles. The fraction of sp³-hybridized carbons (Fsp3) is 0.429. The molecule has 0 aliphatic heterocycles. The van der Waals surface area contributed by atoms with Gasteiger partial charge in [0.15, 0.2) is 0 Å². The van der Waals surface area contributed by atoms with E-state index in [0.717, 1.165) is 0 Å². The smallest absolute Gasteiger partial charge is 0.0484 e. The van der Waals surface area contributed by atoms with Crippen LogP contribution in [0.2, 0.25) is 0 Å². The van der Waals surface area contributed by atoms with Gasteiger partial charge in [0, 0.05) is 17.3 Å². The maximum absolute atomic E-state index is 2.48. The summed E-state index contributed by atoms with van der Waals surface area (Å²) < 4.78 is 2.48. The molecule has 2 rings (SSSR count). The summed E-state index contributed by atoms with van der Waals surface area (Å²) in [5.74, 6) is 0. The van der Waals surface area contributed by atoms with Crippen molar-refractivity contribution in [2.24, 2.45) is 0 Å². The van der Waals surface area contributed by atoms with Crippen LogP contribution in [0.5, 0.6) is 0 Å². The molecule has 0 aliphatic carbocycles. The Morgan fingerprint density at radius 1 is 1.13 bits per heavy atom. The monoisotopic (exact) mass is 201 g/mol. The average molecular weight is 201 g/mol. The SMILES string of the molecule is CCC(CC)n1c(C)cc2ccccc21. The van der Waals surface area contributed by atoms with Crippen LogP contribution in [-0.2, 0) is 0 Å². The van der Waals surface area contributed by atoms with Gasteiger partial charge in [0.25, 0.3) is 0 Å². The summed E-state index contributed by atoms with van der Waals surface area (Å²) in [5.41, 5.74) is 2.76. The molecule has 1 aromatic heterocycles. The minimum atomic E-state index is 0.643. The fourth-order valence-electron chi connectivity index (χ4n) is 2.45. The van der Waals surface area contributed by atoms with Crippen molar-refractivity contribution in [3.8, 4) is 0 Å². The van der Waals surface area contributed by atoms with E-state index in [1.54, 1.807) is 0 Å². The van der Waals surface area contributed by atoms with Crippen molar-refractivity contribution in [2.45, 2.75) is 39.7 Å². The second kappa shape index (κ2) is 4.09. The summed E-state index contributed by atoms with van der Waals surface area (Å²) in [6, 6.07) is 11.6. The molecule has 0 atom stereocenters. The van der Waals surface area contributed by atoms with Crippen LogP contribution >= 0.6 is 0 Å². The lowest BCUT2D eigenvalue weighted by Crippen LogP contribution is -2.07. The molecule has 0 aliphatic rings. The molecule has 0 radical (unpaired) electrons. The van der Waals surface area contributed by atoms with Crippen LogP contribution in [0.25, 0.3) is 10.9 Å². The summed E-state index contributed by atoms with van der Waals surface area (Å²) in [7, 11) is 0. The van der Waals surface area contributed by atoms with Crippen LogP contribution in [0.1, 0.15) is 38.4 Å². The molecular formula is C14H19N. The number of hydrogen-bond donors (Lipinski definition) is 0. The van der Waals surface area contributed by atoms with E-state index in [9.17, 15) is 0 Å². The van der Waals surface area contributed by atoms with Gasteiger partial charge in [-0.25, -0.2) is 0 Å². The van der Waals surface area contributed by atoms with Gasteiger partial charge >= 0.3 is 0 Å². The van der Waals surface area contributed by atoms with Gasteiger partial charge in [0.1, 0.15) is 0 Å². The van der Waals surface area contributed by atoms with Gasteiger partial charge in [-0.15, -0.1) is 0 Å². The number of rotatable bonds is 3. The third kappa shape index (κ3) is 1.67. The highest BCUT2D eigenvalue weighted by atomic mass is 15.0. The Bertz CT molecular complexity index is 449. The fourth-order valence-corrected chi connectivity index (χ4v) is 2.45. The maximum Gasteiger partial charge on any atom is 0.0484 e. The van der Waals surface area contributed by atoms with E-state index >= 15 is 0 Å². The minimum Gasteiger partial charge on any atom is -0.342 e. The van der Waals surface area contributed by atoms with Crippen molar-refractivity contribution < 1.29 is 0 Å². The summed E-state index contributed by atoms with van der Waals surface area (Å²) in [5, 5.41) is 1.36. The van der Waals surface area contributed by atoms with Crippen LogP contribution in [0.3, 0.4) is 0 Å². The highest BCUT2D eigenvalue weighted by Gasteiger charge is 2.11. The normalized spacial score (nSPS) is 11.5. The number of aryl methyl sites for hydroxylation is 1. The summed E-state index contributed by atoms with van der Waals surface area (Å²) in [4.78, 5) is 0. The number of para-hydroxylation sites is 1. The van der Waals surface area contributed by atoms with Crippen molar-refractivity contribution in [1.29, 1.82) is 0 Å². The van der Waals surface area contributed by atoms with Crippen molar-refractivity contribution in [3.63, 3.8) is 0 Å². The van der Waals surface area contributed by atoms with Crippen LogP contribution in [0.15, 0.2) is 30.3 Å². The third-order valence-electron chi connectivity index (χ3n) is 3.25. The van der Waals surface area contributed by atoms with Crippen LogP contribution in [-0.4, -0.2) is 4.57 Å². The van der Waals surface area contributed by atoms with Crippen molar-refractivity contribution in [1.82, 2.24) is 4.57 Å². The number of aromatic nitrogens is 1. The molecule has 0 N–H and O–H groups in total. The Morgan fingerprint density at radius 3 is 2.47 bits per heavy atom. The Kier molecular flexibility index (Phi) is 2.81. The predicted octanol–water partition coefficient (Wildman–Crippen LogP) is 4.31. The molecule has 1 heteroatoms. The van der Waals surface area contributed by atoms with E-state index in [1.807, 2.05) is 0 Å². The molecule has 15 heavy (non-hydrogen) atoms. The first-order chi connectivity index (χ1) is 7.27. The van der Waals surface area contributed by atoms with Crippen molar-refractivity contribution in [2.75, 3.05) is 0 Å². The summed E-state index contributed by atoms with van der Waals surface area (Å²) in [6.07, 6.45) is 2.41. The minimum absolute atomic E-state index is 0.643. The number of fused-ring (bicyclic) bond motifs is 1. The topological polar surface area (TPSA) is 4.93 Å². The first-order valence-corrected chi connectivity index (χ1v) is 5.84. The van der Waals surface area contributed by atoms with Crippen molar-refractivity contribution in [3.05, 3.63) is 36.0 Å². The molecule has 0 saturated heterocycles. The van der Waals surface area contributed by atoms with Gasteiger partial charge in [0.2, 0.25) is 0 Å². The Hall–Kier alpha value is -1.24. The average Bonchev–Trinajstić information content (AvgIpc) is 2.58. The zero-order chi connectivity index (χ0) is 10.8. The van der Waals surface area contributed by atoms with Gasteiger partial charge < -0.3 is 4.57 Å². The van der Waals surface area contributed by atoms with Crippen LogP contribution in [0, 0.1) is 6.92 Å².